The number of carboxylic acid groups (broad SMARTS) is 1. The fourth-order valence-corrected chi connectivity index (χ4v) is 2.96. The van der Waals surface area contributed by atoms with Crippen LogP contribution >= 0.6 is 0 Å². The molecule has 0 bridgehead atoms. The number of hydrogen-bond donors (Lipinski definition) is 1. The van der Waals surface area contributed by atoms with E-state index in [1.807, 2.05) is 0 Å². The van der Waals surface area contributed by atoms with E-state index in [4.69, 9.17) is 9.84 Å². The molecule has 17 heteroatoms. The van der Waals surface area contributed by atoms with Gasteiger partial charge in [0, 0.05) is 42.9 Å². The number of carbonyl (C=O) groups excluding carboxylic acids is 1. The van der Waals surface area contributed by atoms with Gasteiger partial charge in [-0.25, -0.2) is 4.79 Å². The van der Waals surface area contributed by atoms with Crippen molar-refractivity contribution in [2.75, 3.05) is 26.3 Å². The molecule has 0 unspecified atom stereocenters. The number of morpholine rings is 1. The Hall–Kier alpha value is -4.28. The molecule has 0 aliphatic carbocycles. The van der Waals surface area contributed by atoms with E-state index in [0.29, 0.717) is 24.3 Å². The highest BCUT2D eigenvalue weighted by Gasteiger charge is 2.35. The maximum Gasteiger partial charge on any atom is 0.416 e. The van der Waals surface area contributed by atoms with Crippen molar-refractivity contribution in [3.8, 4) is 0 Å². The average Bonchev–Trinajstić information content (AvgIpc) is 2.82. The van der Waals surface area contributed by atoms with Crippen molar-refractivity contribution in [1.29, 1.82) is 0 Å². The SMILES string of the molecule is O=C(O)c1cc([N+](=O)[O-])cc(C(F)(F)F)c1.O=C(c1cc([N+](=O)[O-])cc(C(F)(F)F)c1)N1CCOCC1. The highest BCUT2D eigenvalue weighted by molar-refractivity contribution is 5.95. The summed E-state index contributed by atoms with van der Waals surface area (Å²) in [6.45, 7) is 1.05. The molecular formula is C20H15F6N3O8. The summed E-state index contributed by atoms with van der Waals surface area (Å²) < 4.78 is 80.1. The summed E-state index contributed by atoms with van der Waals surface area (Å²) in [5, 5.41) is 29.5. The Bertz CT molecular complexity index is 1180. The number of halogens is 6. The maximum absolute atomic E-state index is 12.7. The van der Waals surface area contributed by atoms with Crippen molar-refractivity contribution in [2.45, 2.75) is 12.4 Å². The van der Waals surface area contributed by atoms with E-state index in [-0.39, 0.29) is 37.9 Å². The fourth-order valence-electron chi connectivity index (χ4n) is 2.96. The van der Waals surface area contributed by atoms with Crippen molar-refractivity contribution < 1.29 is 55.6 Å². The Morgan fingerprint density at radius 2 is 1.19 bits per heavy atom. The van der Waals surface area contributed by atoms with Crippen LogP contribution in [0.15, 0.2) is 36.4 Å². The number of aromatic carboxylic acids is 1. The summed E-state index contributed by atoms with van der Waals surface area (Å²) in [5.41, 5.74) is -5.37. The van der Waals surface area contributed by atoms with Gasteiger partial charge in [-0.05, 0) is 12.1 Å². The number of hydrogen-bond acceptors (Lipinski definition) is 7. The van der Waals surface area contributed by atoms with Gasteiger partial charge in [0.05, 0.1) is 39.8 Å². The molecule has 0 aromatic heterocycles. The van der Waals surface area contributed by atoms with E-state index in [1.54, 1.807) is 0 Å². The topological polar surface area (TPSA) is 153 Å². The summed E-state index contributed by atoms with van der Waals surface area (Å²) in [5.74, 6) is -2.33. The van der Waals surface area contributed by atoms with Crippen LogP contribution in [0.2, 0.25) is 0 Å². The third kappa shape index (κ3) is 7.86. The van der Waals surface area contributed by atoms with Gasteiger partial charge in [0.15, 0.2) is 0 Å². The Morgan fingerprint density at radius 1 is 0.784 bits per heavy atom. The van der Waals surface area contributed by atoms with Gasteiger partial charge in [-0.2, -0.15) is 26.3 Å². The Balaban J connectivity index is 0.000000271. The monoisotopic (exact) mass is 539 g/mol. The van der Waals surface area contributed by atoms with Crippen LogP contribution in [-0.4, -0.2) is 58.0 Å². The van der Waals surface area contributed by atoms with Crippen LogP contribution < -0.4 is 0 Å². The minimum atomic E-state index is -4.82. The summed E-state index contributed by atoms with van der Waals surface area (Å²) >= 11 is 0. The van der Waals surface area contributed by atoms with Gasteiger partial charge in [-0.3, -0.25) is 25.0 Å². The van der Waals surface area contributed by atoms with Crippen molar-refractivity contribution >= 4 is 23.3 Å². The molecule has 1 N–H and O–H groups in total. The zero-order valence-corrected chi connectivity index (χ0v) is 18.2. The van der Waals surface area contributed by atoms with Crippen LogP contribution in [0.4, 0.5) is 37.7 Å². The summed E-state index contributed by atoms with van der Waals surface area (Å²) in [4.78, 5) is 42.9. The van der Waals surface area contributed by atoms with Gasteiger partial charge in [0.25, 0.3) is 17.3 Å². The smallest absolute Gasteiger partial charge is 0.416 e. The van der Waals surface area contributed by atoms with Crippen molar-refractivity contribution in [3.05, 3.63) is 78.9 Å². The molecule has 2 aromatic rings. The molecular weight excluding hydrogens is 524 g/mol. The Labute approximate surface area is 202 Å². The molecule has 1 saturated heterocycles. The fraction of sp³-hybridized carbons (Fsp3) is 0.300. The van der Waals surface area contributed by atoms with Crippen molar-refractivity contribution in [3.63, 3.8) is 0 Å². The average molecular weight is 539 g/mol. The molecule has 0 radical (unpaired) electrons. The molecule has 1 fully saturated rings. The number of nitro benzene ring substituents is 2. The van der Waals surface area contributed by atoms with E-state index in [0.717, 1.165) is 6.07 Å². The Kier molecular flexibility index (Phi) is 8.76. The van der Waals surface area contributed by atoms with Gasteiger partial charge in [0.2, 0.25) is 0 Å². The molecule has 3 rings (SSSR count). The lowest BCUT2D eigenvalue weighted by atomic mass is 10.1. The van der Waals surface area contributed by atoms with Crippen LogP contribution in [0.3, 0.4) is 0 Å². The standard InChI is InChI=1S/C12H11F3N2O4.C8H4F3NO4/c13-12(14,15)9-5-8(6-10(7-9)17(19)20)11(18)16-1-3-21-4-2-16;9-8(10,11)5-1-4(7(13)14)2-6(3-5)12(15)16/h5-7H,1-4H2;1-3H,(H,13,14). The lowest BCUT2D eigenvalue weighted by Crippen LogP contribution is -2.40. The van der Waals surface area contributed by atoms with Gasteiger partial charge >= 0.3 is 18.3 Å². The molecule has 1 heterocycles. The van der Waals surface area contributed by atoms with Crippen LogP contribution in [-0.2, 0) is 17.1 Å². The second-order valence-corrected chi connectivity index (χ2v) is 7.26. The van der Waals surface area contributed by atoms with Gasteiger partial charge in [0.1, 0.15) is 0 Å². The van der Waals surface area contributed by atoms with E-state index in [9.17, 15) is 56.2 Å². The lowest BCUT2D eigenvalue weighted by molar-refractivity contribution is -0.385. The van der Waals surface area contributed by atoms with Crippen molar-refractivity contribution in [1.82, 2.24) is 4.90 Å². The molecule has 11 nitrogen and oxygen atoms in total. The highest BCUT2D eigenvalue weighted by atomic mass is 19.4. The lowest BCUT2D eigenvalue weighted by Gasteiger charge is -2.27. The molecule has 2 aromatic carbocycles. The van der Waals surface area contributed by atoms with E-state index in [2.05, 4.69) is 0 Å². The van der Waals surface area contributed by atoms with Crippen LogP contribution in [0.25, 0.3) is 0 Å². The van der Waals surface area contributed by atoms with Gasteiger partial charge in [-0.15, -0.1) is 0 Å². The summed E-state index contributed by atoms with van der Waals surface area (Å²) in [7, 11) is 0. The molecule has 1 amide bonds. The molecule has 0 atom stereocenters. The number of carboxylic acids is 1. The zero-order valence-electron chi connectivity index (χ0n) is 18.2. The largest absolute Gasteiger partial charge is 0.478 e. The predicted molar refractivity (Wildman–Crippen MR) is 110 cm³/mol. The second-order valence-electron chi connectivity index (χ2n) is 7.26. The first kappa shape index (κ1) is 29.0. The third-order valence-electron chi connectivity index (χ3n) is 4.70. The number of nitro groups is 2. The maximum atomic E-state index is 12.7. The molecule has 0 saturated carbocycles. The summed E-state index contributed by atoms with van der Waals surface area (Å²) in [6.07, 6.45) is -9.58. The first-order valence-corrected chi connectivity index (χ1v) is 9.84. The quantitative estimate of drug-likeness (QED) is 0.341. The molecule has 0 spiro atoms. The number of ether oxygens (including phenoxy) is 1. The molecule has 1 aliphatic rings. The number of amides is 1. The number of carbonyl (C=O) groups is 2. The third-order valence-corrected chi connectivity index (χ3v) is 4.70. The minimum Gasteiger partial charge on any atom is -0.478 e. The molecule has 1 aliphatic heterocycles. The highest BCUT2D eigenvalue weighted by Crippen LogP contribution is 2.34. The van der Waals surface area contributed by atoms with E-state index in [1.165, 1.54) is 4.90 Å². The van der Waals surface area contributed by atoms with E-state index >= 15 is 0 Å². The van der Waals surface area contributed by atoms with Gasteiger partial charge in [-0.1, -0.05) is 0 Å². The van der Waals surface area contributed by atoms with Gasteiger partial charge < -0.3 is 14.7 Å². The summed E-state index contributed by atoms with van der Waals surface area (Å²) in [6, 6.07) is 3.09. The number of alkyl halides is 6. The minimum absolute atomic E-state index is 0.239. The van der Waals surface area contributed by atoms with Crippen LogP contribution in [0.1, 0.15) is 31.8 Å². The normalized spacial score (nSPS) is 13.8. The predicted octanol–water partition coefficient (Wildman–Crippen LogP) is 4.40. The first-order chi connectivity index (χ1) is 17.0. The molecule has 200 valence electrons. The number of non-ortho nitro benzene ring substituents is 2. The van der Waals surface area contributed by atoms with E-state index < -0.39 is 62.1 Å². The number of nitrogens with zero attached hydrogens (tertiary/aromatic N) is 3. The number of rotatable bonds is 4. The molecule has 37 heavy (non-hydrogen) atoms. The van der Waals surface area contributed by atoms with Crippen molar-refractivity contribution in [2.24, 2.45) is 0 Å². The zero-order chi connectivity index (χ0) is 28.1. The second kappa shape index (κ2) is 11.2. The Morgan fingerprint density at radius 3 is 1.57 bits per heavy atom. The van der Waals surface area contributed by atoms with Crippen LogP contribution in [0, 0.1) is 20.2 Å². The first-order valence-electron chi connectivity index (χ1n) is 9.84. The number of benzene rings is 2. The van der Waals surface area contributed by atoms with Crippen LogP contribution in [0.5, 0.6) is 0 Å².